The molecule has 0 bridgehead atoms. The van der Waals surface area contributed by atoms with Gasteiger partial charge in [-0.25, -0.2) is 0 Å². The van der Waals surface area contributed by atoms with Gasteiger partial charge in [0.2, 0.25) is 0 Å². The summed E-state index contributed by atoms with van der Waals surface area (Å²) in [5, 5.41) is 0. The van der Waals surface area contributed by atoms with Gasteiger partial charge in [0.05, 0.1) is 6.10 Å². The van der Waals surface area contributed by atoms with E-state index in [4.69, 9.17) is 4.74 Å². The van der Waals surface area contributed by atoms with Gasteiger partial charge in [0.1, 0.15) is 0 Å². The first-order valence-electron chi connectivity index (χ1n) is 3.70. The Morgan fingerprint density at radius 3 is 2.67 bits per heavy atom. The minimum atomic E-state index is 0.439. The molecule has 1 aliphatic carbocycles. The zero-order valence-corrected chi connectivity index (χ0v) is 6.26. The van der Waals surface area contributed by atoms with E-state index in [0.29, 0.717) is 6.10 Å². The molecule has 1 radical (unpaired) electrons. The molecule has 0 spiro atoms. The monoisotopic (exact) mass is 127 g/mol. The highest BCUT2D eigenvalue weighted by Gasteiger charge is 2.17. The maximum atomic E-state index is 5.21. The molecule has 1 aliphatic rings. The van der Waals surface area contributed by atoms with Crippen molar-refractivity contribution in [3.63, 3.8) is 0 Å². The molecule has 0 aromatic heterocycles. The predicted molar refractivity (Wildman–Crippen MR) is 38.1 cm³/mol. The van der Waals surface area contributed by atoms with Crippen molar-refractivity contribution >= 4 is 0 Å². The van der Waals surface area contributed by atoms with Gasteiger partial charge in [-0.05, 0) is 18.8 Å². The van der Waals surface area contributed by atoms with Crippen LogP contribution in [0, 0.1) is 12.3 Å². The Bertz CT molecular complexity index is 80.6. The Balaban J connectivity index is 2.23. The molecular formula is C8H15O. The van der Waals surface area contributed by atoms with Crippen molar-refractivity contribution in [2.45, 2.75) is 32.3 Å². The van der Waals surface area contributed by atoms with Crippen LogP contribution in [0.2, 0.25) is 0 Å². The molecule has 0 aliphatic heterocycles. The lowest BCUT2D eigenvalue weighted by atomic mass is 9.89. The fraction of sp³-hybridized carbons (Fsp3) is 0.875. The van der Waals surface area contributed by atoms with E-state index in [-0.39, 0.29) is 0 Å². The van der Waals surface area contributed by atoms with Crippen molar-refractivity contribution in [2.75, 3.05) is 7.11 Å². The van der Waals surface area contributed by atoms with Crippen molar-refractivity contribution in [2.24, 2.45) is 5.92 Å². The summed E-state index contributed by atoms with van der Waals surface area (Å²) < 4.78 is 5.21. The summed E-state index contributed by atoms with van der Waals surface area (Å²) in [6.45, 7) is 2.26. The summed E-state index contributed by atoms with van der Waals surface area (Å²) >= 11 is 0. The lowest BCUT2D eigenvalue weighted by Crippen LogP contribution is -2.20. The molecule has 1 saturated carbocycles. The van der Waals surface area contributed by atoms with Crippen molar-refractivity contribution in [1.29, 1.82) is 0 Å². The van der Waals surface area contributed by atoms with Gasteiger partial charge in [-0.3, -0.25) is 0 Å². The Morgan fingerprint density at radius 1 is 1.44 bits per heavy atom. The number of hydrogen-bond donors (Lipinski definition) is 0. The Morgan fingerprint density at radius 2 is 2.22 bits per heavy atom. The maximum Gasteiger partial charge on any atom is 0.0605 e. The molecular weight excluding hydrogens is 112 g/mol. The molecule has 0 heterocycles. The molecule has 0 amide bonds. The van der Waals surface area contributed by atoms with Crippen LogP contribution in [-0.2, 0) is 4.74 Å². The summed E-state index contributed by atoms with van der Waals surface area (Å²) in [6, 6.07) is 0. The van der Waals surface area contributed by atoms with Gasteiger partial charge in [0.15, 0.2) is 0 Å². The maximum absolute atomic E-state index is 5.21. The smallest absolute Gasteiger partial charge is 0.0605 e. The normalized spacial score (nSPS) is 36.7. The average molecular weight is 127 g/mol. The minimum Gasteiger partial charge on any atom is -0.381 e. The SMILES string of the molecule is CO[C@@H]1[CH][C@@H](C)CCC1. The number of hydrogen-bond acceptors (Lipinski definition) is 1. The highest BCUT2D eigenvalue weighted by molar-refractivity contribution is 4.86. The predicted octanol–water partition coefficient (Wildman–Crippen LogP) is 2.03. The van der Waals surface area contributed by atoms with Gasteiger partial charge < -0.3 is 4.74 Å². The van der Waals surface area contributed by atoms with E-state index in [9.17, 15) is 0 Å². The summed E-state index contributed by atoms with van der Waals surface area (Å²) in [5.74, 6) is 0.767. The molecule has 1 rings (SSSR count). The molecule has 0 aromatic rings. The summed E-state index contributed by atoms with van der Waals surface area (Å²) in [6.07, 6.45) is 6.65. The van der Waals surface area contributed by atoms with E-state index >= 15 is 0 Å². The van der Waals surface area contributed by atoms with Crippen LogP contribution in [0.4, 0.5) is 0 Å². The van der Waals surface area contributed by atoms with Crippen LogP contribution in [0.3, 0.4) is 0 Å². The van der Waals surface area contributed by atoms with E-state index in [1.54, 1.807) is 7.11 Å². The van der Waals surface area contributed by atoms with Crippen molar-refractivity contribution in [3.05, 3.63) is 6.42 Å². The number of rotatable bonds is 1. The molecule has 9 heavy (non-hydrogen) atoms. The molecule has 53 valence electrons. The first-order valence-corrected chi connectivity index (χ1v) is 3.70. The molecule has 0 unspecified atom stereocenters. The van der Waals surface area contributed by atoms with Gasteiger partial charge in [0.25, 0.3) is 0 Å². The highest BCUT2D eigenvalue weighted by atomic mass is 16.5. The summed E-state index contributed by atoms with van der Waals surface area (Å²) in [7, 11) is 1.79. The quantitative estimate of drug-likeness (QED) is 0.523. The summed E-state index contributed by atoms with van der Waals surface area (Å²) in [4.78, 5) is 0. The van der Waals surface area contributed by atoms with E-state index in [2.05, 4.69) is 13.3 Å². The standard InChI is InChI=1S/C8H15O/c1-7-4-3-5-8(6-7)9-2/h6-8H,3-5H2,1-2H3/t7-,8-/m0/s1. The van der Waals surface area contributed by atoms with Gasteiger partial charge in [-0.2, -0.15) is 0 Å². The Labute approximate surface area is 57.4 Å². The first kappa shape index (κ1) is 7.07. The van der Waals surface area contributed by atoms with E-state index in [0.717, 1.165) is 5.92 Å². The minimum absolute atomic E-state index is 0.439. The van der Waals surface area contributed by atoms with Crippen molar-refractivity contribution in [1.82, 2.24) is 0 Å². The molecule has 0 saturated heterocycles. The second kappa shape index (κ2) is 3.21. The lowest BCUT2D eigenvalue weighted by Gasteiger charge is -2.24. The molecule has 1 nitrogen and oxygen atoms in total. The van der Waals surface area contributed by atoms with Gasteiger partial charge >= 0.3 is 0 Å². The second-order valence-electron chi connectivity index (χ2n) is 2.87. The summed E-state index contributed by atoms with van der Waals surface area (Å²) in [5.41, 5.74) is 0. The van der Waals surface area contributed by atoms with Crippen LogP contribution in [0.15, 0.2) is 0 Å². The molecule has 0 N–H and O–H groups in total. The zero-order valence-electron chi connectivity index (χ0n) is 6.26. The third kappa shape index (κ3) is 1.98. The lowest BCUT2D eigenvalue weighted by molar-refractivity contribution is 0.0950. The Kier molecular flexibility index (Phi) is 2.52. The van der Waals surface area contributed by atoms with Crippen LogP contribution >= 0.6 is 0 Å². The third-order valence-corrected chi connectivity index (χ3v) is 1.99. The molecule has 1 heteroatoms. The highest BCUT2D eigenvalue weighted by Crippen LogP contribution is 2.23. The van der Waals surface area contributed by atoms with Crippen LogP contribution in [-0.4, -0.2) is 13.2 Å². The molecule has 0 aromatic carbocycles. The van der Waals surface area contributed by atoms with Crippen LogP contribution < -0.4 is 0 Å². The average Bonchev–Trinajstić information content (AvgIpc) is 1.88. The Hall–Kier alpha value is -0.0400. The van der Waals surface area contributed by atoms with E-state index < -0.39 is 0 Å². The second-order valence-corrected chi connectivity index (χ2v) is 2.87. The largest absolute Gasteiger partial charge is 0.381 e. The van der Waals surface area contributed by atoms with Crippen molar-refractivity contribution < 1.29 is 4.74 Å². The van der Waals surface area contributed by atoms with Crippen molar-refractivity contribution in [3.8, 4) is 0 Å². The van der Waals surface area contributed by atoms with Crippen LogP contribution in [0.25, 0.3) is 0 Å². The van der Waals surface area contributed by atoms with Crippen LogP contribution in [0.1, 0.15) is 26.2 Å². The first-order chi connectivity index (χ1) is 4.33. The zero-order chi connectivity index (χ0) is 6.69. The third-order valence-electron chi connectivity index (χ3n) is 1.99. The molecule has 1 fully saturated rings. The molecule has 2 atom stereocenters. The van der Waals surface area contributed by atoms with E-state index in [1.807, 2.05) is 0 Å². The number of methoxy groups -OCH3 is 1. The fourth-order valence-corrected chi connectivity index (χ4v) is 1.40. The number of ether oxygens (including phenoxy) is 1. The fourth-order valence-electron chi connectivity index (χ4n) is 1.40. The van der Waals surface area contributed by atoms with Gasteiger partial charge in [0, 0.05) is 7.11 Å². The van der Waals surface area contributed by atoms with Gasteiger partial charge in [-0.1, -0.05) is 19.8 Å². The van der Waals surface area contributed by atoms with Crippen LogP contribution in [0.5, 0.6) is 0 Å². The topological polar surface area (TPSA) is 9.23 Å². The van der Waals surface area contributed by atoms with E-state index in [1.165, 1.54) is 19.3 Å². The van der Waals surface area contributed by atoms with Gasteiger partial charge in [-0.15, -0.1) is 0 Å².